The van der Waals surface area contributed by atoms with E-state index in [9.17, 15) is 18.0 Å². The van der Waals surface area contributed by atoms with Gasteiger partial charge in [0, 0.05) is 40.7 Å². The zero-order chi connectivity index (χ0) is 20.6. The number of aromatic nitrogens is 2. The van der Waals surface area contributed by atoms with Crippen LogP contribution in [0.2, 0.25) is 0 Å². The fraction of sp³-hybridized carbons (Fsp3) is 0.100. The van der Waals surface area contributed by atoms with Crippen LogP contribution >= 0.6 is 0 Å². The van der Waals surface area contributed by atoms with Gasteiger partial charge in [0.05, 0.1) is 4.90 Å². The Kier molecular flexibility index (Phi) is 4.69. The first-order chi connectivity index (χ1) is 13.9. The van der Waals surface area contributed by atoms with Crippen LogP contribution in [-0.4, -0.2) is 36.0 Å². The Morgan fingerprint density at radius 3 is 2.52 bits per heavy atom. The van der Waals surface area contributed by atoms with Gasteiger partial charge in [0.1, 0.15) is 5.56 Å². The molecular weight excluding hydrogens is 394 g/mol. The van der Waals surface area contributed by atoms with Crippen molar-refractivity contribution in [2.75, 3.05) is 6.54 Å². The Bertz CT molecular complexity index is 1400. The van der Waals surface area contributed by atoms with E-state index in [4.69, 9.17) is 5.11 Å². The summed E-state index contributed by atoms with van der Waals surface area (Å²) in [6, 6.07) is 11.7. The minimum Gasteiger partial charge on any atom is -0.477 e. The maximum atomic E-state index is 12.7. The summed E-state index contributed by atoms with van der Waals surface area (Å²) in [5, 5.41) is 10.1. The molecule has 0 aliphatic rings. The molecule has 29 heavy (non-hydrogen) atoms. The molecule has 8 nitrogen and oxygen atoms in total. The van der Waals surface area contributed by atoms with E-state index >= 15 is 0 Å². The summed E-state index contributed by atoms with van der Waals surface area (Å²) in [7, 11) is -3.87. The highest BCUT2D eigenvalue weighted by Crippen LogP contribution is 2.19. The van der Waals surface area contributed by atoms with Gasteiger partial charge < -0.3 is 15.1 Å². The molecule has 4 aromatic rings. The average Bonchev–Trinajstić information content (AvgIpc) is 3.11. The van der Waals surface area contributed by atoms with Crippen LogP contribution in [0.3, 0.4) is 0 Å². The number of sulfonamides is 1. The largest absolute Gasteiger partial charge is 0.477 e. The van der Waals surface area contributed by atoms with Crippen molar-refractivity contribution >= 4 is 37.8 Å². The van der Waals surface area contributed by atoms with Gasteiger partial charge in [-0.25, -0.2) is 17.9 Å². The third-order valence-corrected chi connectivity index (χ3v) is 6.21. The first-order valence-electron chi connectivity index (χ1n) is 8.80. The molecule has 0 unspecified atom stereocenters. The van der Waals surface area contributed by atoms with Crippen LogP contribution in [0.15, 0.2) is 64.5 Å². The number of benzene rings is 2. The quantitative estimate of drug-likeness (QED) is 0.386. The molecule has 0 radical (unpaired) electrons. The lowest BCUT2D eigenvalue weighted by Crippen LogP contribution is -2.26. The number of aromatic amines is 2. The van der Waals surface area contributed by atoms with Crippen LogP contribution in [0.1, 0.15) is 15.9 Å². The molecular formula is C20H17N3O5S. The van der Waals surface area contributed by atoms with E-state index < -0.39 is 27.0 Å². The Morgan fingerprint density at radius 2 is 1.72 bits per heavy atom. The zero-order valence-corrected chi connectivity index (χ0v) is 15.9. The standard InChI is InChI=1S/C20H17N3O5S/c24-19-15-9-13(5-6-18(15)22-11-16(19)20(25)26)29(27,28)23-8-7-12-10-21-17-4-2-1-3-14(12)17/h1-6,9-11,21,23H,7-8H2,(H,22,24)(H,25,26). The van der Waals surface area contributed by atoms with E-state index in [-0.39, 0.29) is 16.8 Å². The highest BCUT2D eigenvalue weighted by molar-refractivity contribution is 7.89. The van der Waals surface area contributed by atoms with Crippen LogP contribution in [-0.2, 0) is 16.4 Å². The lowest BCUT2D eigenvalue weighted by atomic mass is 10.1. The minimum absolute atomic E-state index is 0.00408. The van der Waals surface area contributed by atoms with E-state index in [1.54, 1.807) is 0 Å². The molecule has 2 aromatic heterocycles. The molecule has 4 N–H and O–H groups in total. The van der Waals surface area contributed by atoms with E-state index in [2.05, 4.69) is 14.7 Å². The van der Waals surface area contributed by atoms with Gasteiger partial charge in [-0.15, -0.1) is 0 Å². The van der Waals surface area contributed by atoms with Crippen molar-refractivity contribution < 1.29 is 18.3 Å². The smallest absolute Gasteiger partial charge is 0.341 e. The summed E-state index contributed by atoms with van der Waals surface area (Å²) in [6.45, 7) is 0.174. The molecule has 0 aliphatic carbocycles. The van der Waals surface area contributed by atoms with Crippen molar-refractivity contribution in [2.24, 2.45) is 0 Å². The van der Waals surface area contributed by atoms with Crippen LogP contribution in [0, 0.1) is 0 Å². The molecule has 4 rings (SSSR count). The van der Waals surface area contributed by atoms with Gasteiger partial charge in [-0.05, 0) is 36.2 Å². The molecule has 0 saturated heterocycles. The third-order valence-electron chi connectivity index (χ3n) is 4.75. The molecule has 0 saturated carbocycles. The third kappa shape index (κ3) is 3.53. The van der Waals surface area contributed by atoms with Gasteiger partial charge in [-0.2, -0.15) is 0 Å². The number of carbonyl (C=O) groups is 1. The number of hydrogen-bond acceptors (Lipinski definition) is 4. The summed E-state index contributed by atoms with van der Waals surface area (Å²) in [5.41, 5.74) is 1.15. The predicted octanol–water partition coefficient (Wildman–Crippen LogP) is 2.23. The van der Waals surface area contributed by atoms with Crippen LogP contribution in [0.25, 0.3) is 21.8 Å². The van der Waals surface area contributed by atoms with Crippen molar-refractivity contribution in [1.82, 2.24) is 14.7 Å². The average molecular weight is 411 g/mol. The second kappa shape index (κ2) is 7.19. The van der Waals surface area contributed by atoms with Gasteiger partial charge in [0.15, 0.2) is 0 Å². The van der Waals surface area contributed by atoms with Crippen molar-refractivity contribution in [3.63, 3.8) is 0 Å². The summed E-state index contributed by atoms with van der Waals surface area (Å²) < 4.78 is 27.8. The van der Waals surface area contributed by atoms with E-state index in [0.717, 1.165) is 22.7 Å². The number of hydrogen-bond donors (Lipinski definition) is 4. The number of rotatable bonds is 6. The number of H-pyrrole nitrogens is 2. The SMILES string of the molecule is O=C(O)c1c[nH]c2ccc(S(=O)(=O)NCCc3c[nH]c4ccccc34)cc2c1=O. The Morgan fingerprint density at radius 1 is 1.00 bits per heavy atom. The monoisotopic (exact) mass is 411 g/mol. The fourth-order valence-corrected chi connectivity index (χ4v) is 4.32. The maximum absolute atomic E-state index is 12.7. The predicted molar refractivity (Wildman–Crippen MR) is 109 cm³/mol. The molecule has 0 fully saturated rings. The minimum atomic E-state index is -3.87. The number of carboxylic acids is 1. The van der Waals surface area contributed by atoms with E-state index in [0.29, 0.717) is 11.9 Å². The Balaban J connectivity index is 1.58. The summed E-state index contributed by atoms with van der Waals surface area (Å²) in [5.74, 6) is -1.38. The number of fused-ring (bicyclic) bond motifs is 2. The van der Waals surface area contributed by atoms with Gasteiger partial charge in [0.25, 0.3) is 0 Å². The maximum Gasteiger partial charge on any atom is 0.341 e. The summed E-state index contributed by atoms with van der Waals surface area (Å²) in [6.07, 6.45) is 3.43. The zero-order valence-electron chi connectivity index (χ0n) is 15.1. The summed E-state index contributed by atoms with van der Waals surface area (Å²) >= 11 is 0. The second-order valence-electron chi connectivity index (χ2n) is 6.55. The lowest BCUT2D eigenvalue weighted by Gasteiger charge is -2.08. The number of aromatic carboxylic acids is 1. The number of carboxylic acid groups (broad SMARTS) is 1. The fourth-order valence-electron chi connectivity index (χ4n) is 3.27. The second-order valence-corrected chi connectivity index (χ2v) is 8.32. The number of para-hydroxylation sites is 1. The highest BCUT2D eigenvalue weighted by atomic mass is 32.2. The molecule has 2 aromatic carbocycles. The van der Waals surface area contributed by atoms with Crippen LogP contribution < -0.4 is 10.2 Å². The first kappa shape index (κ1) is 18.9. The molecule has 148 valence electrons. The van der Waals surface area contributed by atoms with Gasteiger partial charge in [-0.3, -0.25) is 4.79 Å². The molecule has 9 heteroatoms. The molecule has 0 atom stereocenters. The molecule has 0 aliphatic heterocycles. The molecule has 2 heterocycles. The first-order valence-corrected chi connectivity index (χ1v) is 10.3. The van der Waals surface area contributed by atoms with Crippen LogP contribution in [0.4, 0.5) is 0 Å². The topological polar surface area (TPSA) is 132 Å². The van der Waals surface area contributed by atoms with Crippen molar-refractivity contribution in [3.05, 3.63) is 76.2 Å². The van der Waals surface area contributed by atoms with Crippen molar-refractivity contribution in [2.45, 2.75) is 11.3 Å². The van der Waals surface area contributed by atoms with Gasteiger partial charge in [-0.1, -0.05) is 18.2 Å². The highest BCUT2D eigenvalue weighted by Gasteiger charge is 2.17. The normalized spacial score (nSPS) is 11.9. The van der Waals surface area contributed by atoms with E-state index in [1.165, 1.54) is 18.2 Å². The van der Waals surface area contributed by atoms with Gasteiger partial charge >= 0.3 is 5.97 Å². The lowest BCUT2D eigenvalue weighted by molar-refractivity contribution is 0.0695. The number of pyridine rings is 1. The number of nitrogens with one attached hydrogen (secondary N) is 3. The van der Waals surface area contributed by atoms with Crippen molar-refractivity contribution in [3.8, 4) is 0 Å². The van der Waals surface area contributed by atoms with Crippen LogP contribution in [0.5, 0.6) is 0 Å². The Labute approximate surface area is 165 Å². The van der Waals surface area contributed by atoms with Gasteiger partial charge in [0.2, 0.25) is 15.5 Å². The molecule has 0 bridgehead atoms. The summed E-state index contributed by atoms with van der Waals surface area (Å²) in [4.78, 5) is 29.2. The molecule has 0 amide bonds. The van der Waals surface area contributed by atoms with E-state index in [1.807, 2.05) is 30.5 Å². The molecule has 0 spiro atoms. The van der Waals surface area contributed by atoms with Crippen molar-refractivity contribution in [1.29, 1.82) is 0 Å². The Hall–Kier alpha value is -3.43.